The molecule has 4 bridgehead atoms. The minimum Gasteiger partial charge on any atom is -0.390 e. The van der Waals surface area contributed by atoms with Gasteiger partial charge in [0.2, 0.25) is 5.91 Å². The molecule has 4 saturated carbocycles. The molecule has 0 aromatic carbocycles. The van der Waals surface area contributed by atoms with Gasteiger partial charge in [-0.25, -0.2) is 0 Å². The van der Waals surface area contributed by atoms with Gasteiger partial charge >= 0.3 is 0 Å². The van der Waals surface area contributed by atoms with E-state index in [0.717, 1.165) is 38.5 Å². The van der Waals surface area contributed by atoms with Crippen LogP contribution in [0.15, 0.2) is 24.5 Å². The van der Waals surface area contributed by atoms with Gasteiger partial charge in [-0.2, -0.15) is 0 Å². The Hall–Kier alpha value is -1.95. The summed E-state index contributed by atoms with van der Waals surface area (Å²) in [6.45, 7) is 2.97. The van der Waals surface area contributed by atoms with Crippen molar-refractivity contribution >= 4 is 11.8 Å². The normalized spacial score (nSPS) is 36.4. The number of rotatable bonds is 6. The molecule has 27 heavy (non-hydrogen) atoms. The van der Waals surface area contributed by atoms with Crippen LogP contribution in [-0.2, 0) is 4.79 Å². The zero-order chi connectivity index (χ0) is 19.1. The standard InChI is InChI=1S/C21H29N3O3/c1-2-19-8-15-9-20(12-19,14-21(27,10-15)13-19)18(26)24-7-6-23-17(25)16-4-3-5-22-11-16/h3-5,11,15,27H,2,6-10,12-14H2,1H3,(H,23,25)(H,24,26). The van der Waals surface area contributed by atoms with Crippen molar-refractivity contribution in [1.29, 1.82) is 0 Å². The summed E-state index contributed by atoms with van der Waals surface area (Å²) < 4.78 is 0. The van der Waals surface area contributed by atoms with Crippen molar-refractivity contribution in [2.24, 2.45) is 16.7 Å². The van der Waals surface area contributed by atoms with E-state index in [1.807, 2.05) is 0 Å². The number of pyridine rings is 1. The summed E-state index contributed by atoms with van der Waals surface area (Å²) >= 11 is 0. The van der Waals surface area contributed by atoms with Crippen molar-refractivity contribution in [3.8, 4) is 0 Å². The summed E-state index contributed by atoms with van der Waals surface area (Å²) in [5.74, 6) is 0.326. The third-order valence-electron chi connectivity index (χ3n) is 7.01. The predicted molar refractivity (Wildman–Crippen MR) is 101 cm³/mol. The van der Waals surface area contributed by atoms with E-state index in [2.05, 4.69) is 22.5 Å². The number of nitrogens with zero attached hydrogens (tertiary/aromatic N) is 1. The van der Waals surface area contributed by atoms with E-state index < -0.39 is 11.0 Å². The largest absolute Gasteiger partial charge is 0.390 e. The number of amides is 2. The van der Waals surface area contributed by atoms with Gasteiger partial charge in [0.15, 0.2) is 0 Å². The second-order valence-electron chi connectivity index (χ2n) is 9.12. The summed E-state index contributed by atoms with van der Waals surface area (Å²) in [7, 11) is 0. The highest BCUT2D eigenvalue weighted by atomic mass is 16.3. The van der Waals surface area contributed by atoms with Crippen molar-refractivity contribution in [3.63, 3.8) is 0 Å². The van der Waals surface area contributed by atoms with Crippen LogP contribution in [0.3, 0.4) is 0 Å². The molecule has 6 heteroatoms. The van der Waals surface area contributed by atoms with Gasteiger partial charge < -0.3 is 15.7 Å². The topological polar surface area (TPSA) is 91.3 Å². The molecule has 4 aliphatic rings. The molecule has 4 unspecified atom stereocenters. The molecule has 1 heterocycles. The molecule has 4 aliphatic carbocycles. The van der Waals surface area contributed by atoms with E-state index in [1.165, 1.54) is 6.20 Å². The molecule has 2 amide bonds. The van der Waals surface area contributed by atoms with Crippen LogP contribution < -0.4 is 10.6 Å². The highest BCUT2D eigenvalue weighted by Crippen LogP contribution is 2.67. The molecule has 4 fully saturated rings. The van der Waals surface area contributed by atoms with Gasteiger partial charge in [-0.15, -0.1) is 0 Å². The molecule has 146 valence electrons. The first-order valence-electron chi connectivity index (χ1n) is 10.1. The fourth-order valence-electron chi connectivity index (χ4n) is 6.37. The fraction of sp³-hybridized carbons (Fsp3) is 0.667. The molecule has 0 spiro atoms. The molecule has 0 aliphatic heterocycles. The number of hydrogen-bond acceptors (Lipinski definition) is 4. The quantitative estimate of drug-likeness (QED) is 0.668. The summed E-state index contributed by atoms with van der Waals surface area (Å²) in [6.07, 6.45) is 9.41. The van der Waals surface area contributed by atoms with Crippen molar-refractivity contribution in [1.82, 2.24) is 15.6 Å². The second kappa shape index (κ2) is 6.59. The van der Waals surface area contributed by atoms with E-state index >= 15 is 0 Å². The highest BCUT2D eigenvalue weighted by molar-refractivity contribution is 5.93. The molecule has 0 saturated heterocycles. The maximum Gasteiger partial charge on any atom is 0.252 e. The van der Waals surface area contributed by atoms with Crippen molar-refractivity contribution in [2.75, 3.05) is 13.1 Å². The van der Waals surface area contributed by atoms with Crippen LogP contribution in [0.2, 0.25) is 0 Å². The van der Waals surface area contributed by atoms with Crippen LogP contribution >= 0.6 is 0 Å². The van der Waals surface area contributed by atoms with Crippen LogP contribution in [0.5, 0.6) is 0 Å². The first kappa shape index (κ1) is 18.4. The van der Waals surface area contributed by atoms with Gasteiger partial charge in [-0.05, 0) is 62.0 Å². The molecule has 0 radical (unpaired) electrons. The fourth-order valence-corrected chi connectivity index (χ4v) is 6.37. The predicted octanol–water partition coefficient (Wildman–Crippen LogP) is 2.04. The van der Waals surface area contributed by atoms with Crippen molar-refractivity contribution in [2.45, 2.75) is 57.5 Å². The van der Waals surface area contributed by atoms with E-state index in [4.69, 9.17) is 0 Å². The Balaban J connectivity index is 1.34. The van der Waals surface area contributed by atoms with Crippen LogP contribution in [0.25, 0.3) is 0 Å². The van der Waals surface area contributed by atoms with Crippen molar-refractivity contribution in [3.05, 3.63) is 30.1 Å². The van der Waals surface area contributed by atoms with E-state index in [1.54, 1.807) is 18.3 Å². The number of carbonyl (C=O) groups is 2. The SMILES string of the molecule is CCC12CC3CC(O)(C1)CC(C(=O)NCCNC(=O)c1cccnc1)(C3)C2. The minimum absolute atomic E-state index is 0.0541. The summed E-state index contributed by atoms with van der Waals surface area (Å²) in [5.41, 5.74) is -0.462. The molecule has 1 aromatic rings. The Morgan fingerprint density at radius 3 is 2.70 bits per heavy atom. The number of hydrogen-bond donors (Lipinski definition) is 3. The molecule has 6 nitrogen and oxygen atoms in total. The Morgan fingerprint density at radius 1 is 1.19 bits per heavy atom. The third kappa shape index (κ3) is 3.35. The second-order valence-corrected chi connectivity index (χ2v) is 9.12. The maximum atomic E-state index is 13.1. The number of nitrogens with one attached hydrogen (secondary N) is 2. The Morgan fingerprint density at radius 2 is 2.00 bits per heavy atom. The molecule has 3 N–H and O–H groups in total. The highest BCUT2D eigenvalue weighted by Gasteiger charge is 2.64. The number of carbonyl (C=O) groups excluding carboxylic acids is 2. The average Bonchev–Trinajstić information content (AvgIpc) is 2.63. The zero-order valence-electron chi connectivity index (χ0n) is 16.0. The first-order valence-corrected chi connectivity index (χ1v) is 10.1. The Bertz CT molecular complexity index is 739. The summed E-state index contributed by atoms with van der Waals surface area (Å²) in [4.78, 5) is 29.0. The van der Waals surface area contributed by atoms with Crippen LogP contribution in [0.4, 0.5) is 0 Å². The Kier molecular flexibility index (Phi) is 4.49. The van der Waals surface area contributed by atoms with Gasteiger partial charge in [-0.3, -0.25) is 14.6 Å². The molecule has 1 aromatic heterocycles. The number of aliphatic hydroxyl groups is 1. The van der Waals surface area contributed by atoms with Crippen LogP contribution in [-0.4, -0.2) is 40.6 Å². The van der Waals surface area contributed by atoms with Gasteiger partial charge in [0.25, 0.3) is 5.91 Å². The summed E-state index contributed by atoms with van der Waals surface area (Å²) in [5, 5.41) is 16.9. The molecule has 5 rings (SSSR count). The first-order chi connectivity index (χ1) is 12.9. The molecular weight excluding hydrogens is 342 g/mol. The smallest absolute Gasteiger partial charge is 0.252 e. The van der Waals surface area contributed by atoms with Gasteiger partial charge in [0, 0.05) is 25.5 Å². The Labute approximate surface area is 160 Å². The van der Waals surface area contributed by atoms with Crippen LogP contribution in [0.1, 0.15) is 62.2 Å². The van der Waals surface area contributed by atoms with E-state index in [-0.39, 0.29) is 17.2 Å². The lowest BCUT2D eigenvalue weighted by Crippen LogP contribution is -2.64. The number of aromatic nitrogens is 1. The summed E-state index contributed by atoms with van der Waals surface area (Å²) in [6, 6.07) is 3.43. The lowest BCUT2D eigenvalue weighted by Gasteiger charge is -2.64. The molecular formula is C21H29N3O3. The third-order valence-corrected chi connectivity index (χ3v) is 7.01. The van der Waals surface area contributed by atoms with Crippen molar-refractivity contribution < 1.29 is 14.7 Å². The van der Waals surface area contributed by atoms with Crippen LogP contribution in [0, 0.1) is 16.7 Å². The van der Waals surface area contributed by atoms with Gasteiger partial charge in [0.1, 0.15) is 0 Å². The molecule has 4 atom stereocenters. The lowest BCUT2D eigenvalue weighted by molar-refractivity contribution is -0.204. The van der Waals surface area contributed by atoms with E-state index in [9.17, 15) is 14.7 Å². The minimum atomic E-state index is -0.665. The monoisotopic (exact) mass is 371 g/mol. The lowest BCUT2D eigenvalue weighted by atomic mass is 9.42. The zero-order valence-corrected chi connectivity index (χ0v) is 16.0. The van der Waals surface area contributed by atoms with Gasteiger partial charge in [-0.1, -0.05) is 13.3 Å². The van der Waals surface area contributed by atoms with E-state index in [0.29, 0.717) is 31.0 Å². The average molecular weight is 371 g/mol. The van der Waals surface area contributed by atoms with Gasteiger partial charge in [0.05, 0.1) is 16.6 Å². The maximum absolute atomic E-state index is 13.1.